The van der Waals surface area contributed by atoms with E-state index in [-0.39, 0.29) is 0 Å². The highest BCUT2D eigenvalue weighted by Crippen LogP contribution is 2.07. The van der Waals surface area contributed by atoms with Crippen LogP contribution in [-0.2, 0) is 5.88 Å². The number of hydrogen-bond acceptors (Lipinski definition) is 2. The summed E-state index contributed by atoms with van der Waals surface area (Å²) in [6.45, 7) is 0. The molecule has 0 unspecified atom stereocenters. The summed E-state index contributed by atoms with van der Waals surface area (Å²) in [7, 11) is 0. The maximum absolute atomic E-state index is 4.05. The third kappa shape index (κ3) is 2.02. The Hall–Kier alpha value is 0.0400. The number of hydrogen-bond donors (Lipinski definition) is 0. The van der Waals surface area contributed by atoms with E-state index in [4.69, 9.17) is 0 Å². The third-order valence-corrected chi connectivity index (χ3v) is 1.80. The lowest BCUT2D eigenvalue weighted by atomic mass is 10.8. The highest BCUT2D eigenvalue weighted by molar-refractivity contribution is 9.10. The minimum Gasteiger partial charge on any atom is -0.262 e. The predicted octanol–water partition coefficient (Wildman–Crippen LogP) is 1.97. The van der Waals surface area contributed by atoms with Crippen LogP contribution in [0, 0.1) is 0 Å². The molecule has 9 heavy (non-hydrogen) atoms. The van der Waals surface area contributed by atoms with E-state index in [2.05, 4.69) is 27.3 Å². The van der Waals surface area contributed by atoms with Crippen molar-refractivity contribution < 1.29 is 0 Å². The van der Waals surface area contributed by atoms with Gasteiger partial charge in [-0.3, -0.25) is 4.68 Å². The molecule has 0 spiro atoms. The summed E-state index contributed by atoms with van der Waals surface area (Å²) < 4.78 is 2.92. The van der Waals surface area contributed by atoms with Crippen molar-refractivity contribution in [3.63, 3.8) is 0 Å². The molecule has 0 saturated heterocycles. The summed E-state index contributed by atoms with van der Waals surface area (Å²) in [5, 5.41) is 4.05. The van der Waals surface area contributed by atoms with Crippen LogP contribution in [0.5, 0.6) is 0 Å². The molecule has 0 N–H and O–H groups in total. The van der Waals surface area contributed by atoms with Gasteiger partial charge in [-0.15, -0.1) is 11.8 Å². The normalized spacial score (nSPS) is 10.0. The van der Waals surface area contributed by atoms with E-state index in [1.807, 2.05) is 10.9 Å². The van der Waals surface area contributed by atoms with Gasteiger partial charge in [-0.2, -0.15) is 5.10 Å². The molecule has 1 aromatic heterocycles. The van der Waals surface area contributed by atoms with E-state index in [0.29, 0.717) is 0 Å². The fraction of sp³-hybridized carbons (Fsp3) is 0.400. The smallest absolute Gasteiger partial charge is 0.0860 e. The number of halogens is 1. The van der Waals surface area contributed by atoms with Crippen molar-refractivity contribution in [3.05, 3.63) is 16.9 Å². The molecule has 50 valence electrons. The number of aromatic nitrogens is 2. The van der Waals surface area contributed by atoms with Crippen molar-refractivity contribution in [2.45, 2.75) is 5.88 Å². The van der Waals surface area contributed by atoms with Crippen LogP contribution in [0.15, 0.2) is 16.9 Å². The van der Waals surface area contributed by atoms with Crippen LogP contribution >= 0.6 is 27.7 Å². The van der Waals surface area contributed by atoms with Crippen LogP contribution in [0.4, 0.5) is 0 Å². The van der Waals surface area contributed by atoms with Crippen molar-refractivity contribution in [3.8, 4) is 0 Å². The van der Waals surface area contributed by atoms with Crippen LogP contribution in [0.25, 0.3) is 0 Å². The van der Waals surface area contributed by atoms with E-state index in [1.54, 1.807) is 18.0 Å². The van der Waals surface area contributed by atoms with Gasteiger partial charge in [0.2, 0.25) is 0 Å². The quantitative estimate of drug-likeness (QED) is 0.737. The molecule has 0 aliphatic heterocycles. The topological polar surface area (TPSA) is 17.8 Å². The van der Waals surface area contributed by atoms with Crippen molar-refractivity contribution >= 4 is 27.7 Å². The first-order chi connectivity index (χ1) is 4.33. The molecular formula is C5H7BrN2S. The first kappa shape index (κ1) is 7.15. The van der Waals surface area contributed by atoms with Gasteiger partial charge in [-0.25, -0.2) is 0 Å². The number of nitrogens with zero attached hydrogens (tertiary/aromatic N) is 2. The second-order valence-corrected chi connectivity index (χ2v) is 3.37. The molecule has 0 aliphatic carbocycles. The van der Waals surface area contributed by atoms with Crippen molar-refractivity contribution in [1.82, 2.24) is 9.78 Å². The summed E-state index contributed by atoms with van der Waals surface area (Å²) in [4.78, 5) is 0. The summed E-state index contributed by atoms with van der Waals surface area (Å²) in [6.07, 6.45) is 5.79. The highest BCUT2D eigenvalue weighted by atomic mass is 79.9. The number of thioether (sulfide) groups is 1. The second-order valence-electron chi connectivity index (χ2n) is 1.62. The maximum atomic E-state index is 4.05. The highest BCUT2D eigenvalue weighted by Gasteiger charge is 1.90. The van der Waals surface area contributed by atoms with Gasteiger partial charge in [0.15, 0.2) is 0 Å². The Bertz CT molecular complexity index is 187. The van der Waals surface area contributed by atoms with Crippen LogP contribution in [0.2, 0.25) is 0 Å². The lowest BCUT2D eigenvalue weighted by Crippen LogP contribution is -1.92. The first-order valence-corrected chi connectivity index (χ1v) is 4.68. The lowest BCUT2D eigenvalue weighted by Gasteiger charge is -1.92. The zero-order chi connectivity index (χ0) is 6.69. The van der Waals surface area contributed by atoms with Gasteiger partial charge in [0, 0.05) is 6.20 Å². The molecule has 0 bridgehead atoms. The van der Waals surface area contributed by atoms with Crippen LogP contribution in [-0.4, -0.2) is 16.0 Å². The van der Waals surface area contributed by atoms with Crippen LogP contribution in [0.1, 0.15) is 0 Å². The average molecular weight is 207 g/mol. The molecule has 2 nitrogen and oxygen atoms in total. The first-order valence-electron chi connectivity index (χ1n) is 2.50. The van der Waals surface area contributed by atoms with Gasteiger partial charge >= 0.3 is 0 Å². The molecule has 0 saturated carbocycles. The predicted molar refractivity (Wildman–Crippen MR) is 43.4 cm³/mol. The lowest BCUT2D eigenvalue weighted by molar-refractivity contribution is 0.752. The Morgan fingerprint density at radius 2 is 2.67 bits per heavy atom. The Balaban J connectivity index is 2.61. The summed E-state index contributed by atoms with van der Waals surface area (Å²) in [5.74, 6) is 0.922. The Labute approximate surface area is 66.8 Å². The fourth-order valence-electron chi connectivity index (χ4n) is 0.541. The molecule has 1 heterocycles. The zero-order valence-corrected chi connectivity index (χ0v) is 7.44. The average Bonchev–Trinajstić information content (AvgIpc) is 2.17. The van der Waals surface area contributed by atoms with Gasteiger partial charge in [0.05, 0.1) is 16.5 Å². The fourth-order valence-corrected chi connectivity index (χ4v) is 1.27. The van der Waals surface area contributed by atoms with E-state index < -0.39 is 0 Å². The summed E-state index contributed by atoms with van der Waals surface area (Å²) in [5.41, 5.74) is 0. The molecule has 1 aromatic rings. The van der Waals surface area contributed by atoms with Gasteiger partial charge in [0.1, 0.15) is 0 Å². The monoisotopic (exact) mass is 206 g/mol. The van der Waals surface area contributed by atoms with Gasteiger partial charge in [0.25, 0.3) is 0 Å². The van der Waals surface area contributed by atoms with Crippen LogP contribution < -0.4 is 0 Å². The molecule has 0 aromatic carbocycles. The largest absolute Gasteiger partial charge is 0.262 e. The van der Waals surface area contributed by atoms with E-state index in [0.717, 1.165) is 10.3 Å². The van der Waals surface area contributed by atoms with Crippen molar-refractivity contribution in [2.24, 2.45) is 0 Å². The summed E-state index contributed by atoms with van der Waals surface area (Å²) in [6, 6.07) is 0. The minimum absolute atomic E-state index is 0.922. The van der Waals surface area contributed by atoms with Gasteiger partial charge < -0.3 is 0 Å². The molecule has 0 radical (unpaired) electrons. The Morgan fingerprint density at radius 1 is 1.89 bits per heavy atom. The zero-order valence-electron chi connectivity index (χ0n) is 5.04. The molecule has 4 heteroatoms. The Morgan fingerprint density at radius 3 is 3.11 bits per heavy atom. The van der Waals surface area contributed by atoms with E-state index in [1.165, 1.54) is 0 Å². The van der Waals surface area contributed by atoms with Crippen molar-refractivity contribution in [1.29, 1.82) is 0 Å². The van der Waals surface area contributed by atoms with Gasteiger partial charge in [-0.05, 0) is 22.2 Å². The van der Waals surface area contributed by atoms with Crippen LogP contribution in [0.3, 0.4) is 0 Å². The minimum atomic E-state index is 0.922. The molecule has 0 aliphatic rings. The molecule has 0 fully saturated rings. The van der Waals surface area contributed by atoms with Gasteiger partial charge in [-0.1, -0.05) is 0 Å². The molecular weight excluding hydrogens is 200 g/mol. The molecule has 1 rings (SSSR count). The summed E-state index contributed by atoms with van der Waals surface area (Å²) >= 11 is 5.06. The second kappa shape index (κ2) is 3.27. The standard InChI is InChI=1S/C5H7BrN2S/c1-9-4-8-3-5(6)2-7-8/h2-3H,4H2,1H3. The maximum Gasteiger partial charge on any atom is 0.0860 e. The number of rotatable bonds is 2. The SMILES string of the molecule is CSCn1cc(Br)cn1. The third-order valence-electron chi connectivity index (χ3n) is 0.863. The molecule has 0 amide bonds. The Kier molecular flexibility index (Phi) is 2.60. The molecule has 0 atom stereocenters. The van der Waals surface area contributed by atoms with E-state index in [9.17, 15) is 0 Å². The van der Waals surface area contributed by atoms with E-state index >= 15 is 0 Å². The van der Waals surface area contributed by atoms with Crippen molar-refractivity contribution in [2.75, 3.05) is 6.26 Å².